The van der Waals surface area contributed by atoms with Gasteiger partial charge in [-0.3, -0.25) is 9.78 Å². The van der Waals surface area contributed by atoms with Gasteiger partial charge in [0.2, 0.25) is 5.91 Å². The van der Waals surface area contributed by atoms with E-state index in [9.17, 15) is 9.18 Å². The minimum absolute atomic E-state index is 0.0331. The zero-order valence-corrected chi connectivity index (χ0v) is 17.3. The largest absolute Gasteiger partial charge is 0.342 e. The molecule has 1 saturated heterocycles. The van der Waals surface area contributed by atoms with Gasteiger partial charge in [-0.15, -0.1) is 0 Å². The van der Waals surface area contributed by atoms with Gasteiger partial charge in [-0.1, -0.05) is 36.2 Å². The number of hydrogen-bond acceptors (Lipinski definition) is 5. The van der Waals surface area contributed by atoms with Gasteiger partial charge in [0.25, 0.3) is 5.89 Å². The van der Waals surface area contributed by atoms with Crippen molar-refractivity contribution >= 4 is 5.91 Å². The summed E-state index contributed by atoms with van der Waals surface area (Å²) in [5.74, 6) is 1.55. The number of nitrogens with zero attached hydrogens (tertiary/aromatic N) is 4. The van der Waals surface area contributed by atoms with Gasteiger partial charge in [0, 0.05) is 30.9 Å². The van der Waals surface area contributed by atoms with Gasteiger partial charge in [-0.05, 0) is 48.9 Å². The molecule has 2 fully saturated rings. The van der Waals surface area contributed by atoms with E-state index in [0.29, 0.717) is 30.5 Å². The average molecular weight is 420 g/mol. The van der Waals surface area contributed by atoms with Crippen molar-refractivity contribution in [2.45, 2.75) is 43.9 Å². The molecular weight excluding hydrogens is 395 g/mol. The van der Waals surface area contributed by atoms with E-state index < -0.39 is 0 Å². The minimum atomic E-state index is -0.328. The standard InChI is InChI=1S/C24H25FN4O2/c25-20-6-2-1-4-18(20)14-21(30)29-12-9-24(10-13-29,15-17-7-8-17)23-27-22(31-28-23)19-5-3-11-26-16-19/h1-6,11,16-17H,7-10,12-15H2. The SMILES string of the molecule is O=C(Cc1ccccc1F)N1CCC(CC2CC2)(c2noc(-c3cccnc3)n2)CC1. The Morgan fingerprint density at radius 3 is 2.68 bits per heavy atom. The van der Waals surface area contributed by atoms with Gasteiger partial charge in [0.05, 0.1) is 12.0 Å². The van der Waals surface area contributed by atoms with Gasteiger partial charge < -0.3 is 9.42 Å². The summed E-state index contributed by atoms with van der Waals surface area (Å²) in [7, 11) is 0. The van der Waals surface area contributed by atoms with Gasteiger partial charge >= 0.3 is 0 Å². The molecule has 1 amide bonds. The van der Waals surface area contributed by atoms with Crippen LogP contribution >= 0.6 is 0 Å². The van der Waals surface area contributed by atoms with Crippen LogP contribution in [-0.4, -0.2) is 39.0 Å². The number of carbonyl (C=O) groups excluding carboxylic acids is 1. The molecule has 0 radical (unpaired) electrons. The molecule has 2 aliphatic rings. The van der Waals surface area contributed by atoms with Crippen molar-refractivity contribution in [3.63, 3.8) is 0 Å². The van der Waals surface area contributed by atoms with Crippen molar-refractivity contribution in [3.05, 3.63) is 66.0 Å². The Hall–Kier alpha value is -3.09. The van der Waals surface area contributed by atoms with Gasteiger partial charge in [-0.2, -0.15) is 4.98 Å². The molecule has 0 bridgehead atoms. The van der Waals surface area contributed by atoms with E-state index >= 15 is 0 Å². The number of likely N-dealkylation sites (tertiary alicyclic amines) is 1. The highest BCUT2D eigenvalue weighted by Crippen LogP contribution is 2.46. The molecule has 1 aliphatic heterocycles. The average Bonchev–Trinajstić information content (AvgIpc) is 3.46. The predicted octanol–water partition coefficient (Wildman–Crippen LogP) is 4.17. The summed E-state index contributed by atoms with van der Waals surface area (Å²) < 4.78 is 19.5. The molecule has 0 unspecified atom stereocenters. The van der Waals surface area contributed by atoms with E-state index in [1.54, 1.807) is 30.6 Å². The summed E-state index contributed by atoms with van der Waals surface area (Å²) in [6.45, 7) is 1.24. The number of hydrogen-bond donors (Lipinski definition) is 0. The van der Waals surface area contributed by atoms with Crippen LogP contribution in [0.2, 0.25) is 0 Å². The van der Waals surface area contributed by atoms with Crippen LogP contribution in [0.4, 0.5) is 4.39 Å². The van der Waals surface area contributed by atoms with Crippen molar-refractivity contribution in [1.29, 1.82) is 0 Å². The lowest BCUT2D eigenvalue weighted by molar-refractivity contribution is -0.132. The summed E-state index contributed by atoms with van der Waals surface area (Å²) in [4.78, 5) is 23.5. The van der Waals surface area contributed by atoms with E-state index in [-0.39, 0.29) is 23.6 Å². The third kappa shape index (κ3) is 4.22. The summed E-state index contributed by atoms with van der Waals surface area (Å²) >= 11 is 0. The Kier molecular flexibility index (Phi) is 5.26. The summed E-state index contributed by atoms with van der Waals surface area (Å²) in [6.07, 6.45) is 8.61. The summed E-state index contributed by atoms with van der Waals surface area (Å²) in [6, 6.07) is 10.2. The summed E-state index contributed by atoms with van der Waals surface area (Å²) in [5.41, 5.74) is 1.07. The third-order valence-electron chi connectivity index (χ3n) is 6.56. The molecule has 2 aromatic heterocycles. The van der Waals surface area contributed by atoms with Crippen LogP contribution in [-0.2, 0) is 16.6 Å². The van der Waals surface area contributed by atoms with Crippen LogP contribution in [0.5, 0.6) is 0 Å². The second-order valence-corrected chi connectivity index (χ2v) is 8.74. The van der Waals surface area contributed by atoms with Gasteiger partial charge in [0.1, 0.15) is 5.82 Å². The maximum atomic E-state index is 14.0. The topological polar surface area (TPSA) is 72.1 Å². The van der Waals surface area contributed by atoms with Crippen LogP contribution < -0.4 is 0 Å². The van der Waals surface area contributed by atoms with E-state index in [4.69, 9.17) is 9.51 Å². The van der Waals surface area contributed by atoms with Crippen LogP contribution in [0, 0.1) is 11.7 Å². The zero-order valence-electron chi connectivity index (χ0n) is 17.3. The molecule has 0 spiro atoms. The predicted molar refractivity (Wildman–Crippen MR) is 112 cm³/mol. The molecule has 3 aromatic rings. The fourth-order valence-electron chi connectivity index (χ4n) is 4.54. The minimum Gasteiger partial charge on any atom is -0.342 e. The zero-order chi connectivity index (χ0) is 21.3. The van der Waals surface area contributed by atoms with E-state index in [2.05, 4.69) is 10.1 Å². The lowest BCUT2D eigenvalue weighted by Gasteiger charge is -2.40. The fraction of sp³-hybridized carbons (Fsp3) is 0.417. The molecule has 5 rings (SSSR count). The Morgan fingerprint density at radius 1 is 1.16 bits per heavy atom. The molecule has 1 aliphatic carbocycles. The first-order valence-corrected chi connectivity index (χ1v) is 10.9. The number of benzene rings is 1. The molecular formula is C24H25FN4O2. The van der Waals surface area contributed by atoms with Crippen molar-refractivity contribution in [2.75, 3.05) is 13.1 Å². The Bertz CT molecular complexity index is 1060. The van der Waals surface area contributed by atoms with Crippen LogP contribution in [0.25, 0.3) is 11.5 Å². The van der Waals surface area contributed by atoms with Crippen molar-refractivity contribution in [3.8, 4) is 11.5 Å². The van der Waals surface area contributed by atoms with E-state index in [1.807, 2.05) is 17.0 Å². The Labute approximate surface area is 180 Å². The molecule has 0 atom stereocenters. The number of aromatic nitrogens is 3. The number of rotatable bonds is 6. The number of amides is 1. The van der Waals surface area contributed by atoms with Gasteiger partial charge in [-0.25, -0.2) is 4.39 Å². The van der Waals surface area contributed by atoms with E-state index in [0.717, 1.165) is 30.7 Å². The molecule has 3 heterocycles. The number of pyridine rings is 1. The number of halogens is 1. The normalized spacial score (nSPS) is 18.2. The monoisotopic (exact) mass is 420 g/mol. The van der Waals surface area contributed by atoms with Crippen molar-refractivity contribution in [1.82, 2.24) is 20.0 Å². The highest BCUT2D eigenvalue weighted by molar-refractivity contribution is 5.79. The highest BCUT2D eigenvalue weighted by atomic mass is 19.1. The van der Waals surface area contributed by atoms with Crippen LogP contribution in [0.3, 0.4) is 0 Å². The smallest absolute Gasteiger partial charge is 0.259 e. The van der Waals surface area contributed by atoms with Crippen LogP contribution in [0.1, 0.15) is 43.5 Å². The lowest BCUT2D eigenvalue weighted by atomic mass is 9.73. The number of piperidine rings is 1. The third-order valence-corrected chi connectivity index (χ3v) is 6.56. The van der Waals surface area contributed by atoms with Crippen molar-refractivity contribution < 1.29 is 13.7 Å². The lowest BCUT2D eigenvalue weighted by Crippen LogP contribution is -2.46. The number of carbonyl (C=O) groups is 1. The first-order valence-electron chi connectivity index (χ1n) is 10.9. The molecule has 6 nitrogen and oxygen atoms in total. The molecule has 0 N–H and O–H groups in total. The maximum absolute atomic E-state index is 14.0. The van der Waals surface area contributed by atoms with E-state index in [1.165, 1.54) is 18.9 Å². The second kappa shape index (κ2) is 8.21. The quantitative estimate of drug-likeness (QED) is 0.598. The molecule has 1 aromatic carbocycles. The Morgan fingerprint density at radius 2 is 1.97 bits per heavy atom. The molecule has 1 saturated carbocycles. The first-order chi connectivity index (χ1) is 15.1. The molecule has 7 heteroatoms. The Balaban J connectivity index is 1.31. The maximum Gasteiger partial charge on any atom is 0.259 e. The molecule has 31 heavy (non-hydrogen) atoms. The summed E-state index contributed by atoms with van der Waals surface area (Å²) in [5, 5.41) is 4.35. The molecule has 160 valence electrons. The highest BCUT2D eigenvalue weighted by Gasteiger charge is 2.44. The first kappa shape index (κ1) is 19.8. The second-order valence-electron chi connectivity index (χ2n) is 8.74. The fourth-order valence-corrected chi connectivity index (χ4v) is 4.54. The van der Waals surface area contributed by atoms with Gasteiger partial charge in [0.15, 0.2) is 5.82 Å². The van der Waals surface area contributed by atoms with Crippen LogP contribution in [0.15, 0.2) is 53.3 Å². The van der Waals surface area contributed by atoms with Crippen molar-refractivity contribution in [2.24, 2.45) is 5.92 Å².